The number of carbonyl (C=O) groups is 2. The molecule has 0 saturated carbocycles. The topological polar surface area (TPSA) is 57.6 Å². The number of nitrogens with zero attached hydrogens (tertiary/aromatic N) is 3. The molecule has 2 aliphatic heterocycles. The highest BCUT2D eigenvalue weighted by Gasteiger charge is 2.42. The number of aromatic nitrogens is 1. The molecule has 0 aliphatic carbocycles. The normalized spacial score (nSPS) is 17.2. The number of carbonyl (C=O) groups excluding carboxylic acids is 2. The van der Waals surface area contributed by atoms with Crippen LogP contribution in [-0.4, -0.2) is 41.4 Å². The molecule has 0 bridgehead atoms. The Hall–Kier alpha value is -3.28. The van der Waals surface area contributed by atoms with E-state index in [9.17, 15) is 9.59 Å². The van der Waals surface area contributed by atoms with Gasteiger partial charge in [-0.1, -0.05) is 50.1 Å². The van der Waals surface area contributed by atoms with E-state index < -0.39 is 0 Å². The van der Waals surface area contributed by atoms with Gasteiger partial charge in [-0.05, 0) is 36.6 Å². The second-order valence-corrected chi connectivity index (χ2v) is 8.77. The first-order valence-corrected chi connectivity index (χ1v) is 11.6. The second-order valence-electron chi connectivity index (χ2n) is 8.77. The maximum Gasteiger partial charge on any atom is 0.257 e. The van der Waals surface area contributed by atoms with E-state index in [1.54, 1.807) is 0 Å². The molecule has 3 aromatic rings. The number of rotatable bonds is 6. The lowest BCUT2D eigenvalue weighted by atomic mass is 9.96. The molecule has 0 saturated heterocycles. The van der Waals surface area contributed by atoms with Gasteiger partial charge in [-0.2, -0.15) is 0 Å². The highest BCUT2D eigenvalue weighted by molar-refractivity contribution is 6.02. The van der Waals surface area contributed by atoms with Gasteiger partial charge in [-0.15, -0.1) is 0 Å². The van der Waals surface area contributed by atoms with Crippen LogP contribution in [0.4, 0.5) is 5.69 Å². The number of benzene rings is 2. The molecule has 5 rings (SSSR count). The molecule has 2 aliphatic rings. The lowest BCUT2D eigenvalue weighted by molar-refractivity contribution is -0.121. The lowest BCUT2D eigenvalue weighted by Gasteiger charge is -2.46. The van der Waals surface area contributed by atoms with Crippen molar-refractivity contribution in [2.75, 3.05) is 25.0 Å². The monoisotopic (exact) mass is 430 g/mol. The van der Waals surface area contributed by atoms with Crippen molar-refractivity contribution in [1.82, 2.24) is 14.8 Å². The minimum atomic E-state index is -0.221. The standard InChI is InChI=1S/C26H30N4O2/c1-3-4-9-15-27-23(31)17-30-22-13-8-5-10-18(22)19-14-16-29-25(24(19)30)28(2)21-12-7-6-11-20(21)26(29)32/h5-8,10-13,25H,3-4,9,14-17H2,1-2H3,(H,27,31). The van der Waals surface area contributed by atoms with E-state index in [0.717, 1.165) is 48.1 Å². The third-order valence-electron chi connectivity index (χ3n) is 6.81. The van der Waals surface area contributed by atoms with Gasteiger partial charge in [-0.25, -0.2) is 0 Å². The Balaban J connectivity index is 1.58. The van der Waals surface area contributed by atoms with Gasteiger partial charge in [0, 0.05) is 31.0 Å². The molecule has 166 valence electrons. The number of fused-ring (bicyclic) bond motifs is 6. The van der Waals surface area contributed by atoms with Gasteiger partial charge in [0.15, 0.2) is 0 Å². The quantitative estimate of drug-likeness (QED) is 0.599. The van der Waals surface area contributed by atoms with Gasteiger partial charge in [0.05, 0.1) is 16.9 Å². The highest BCUT2D eigenvalue weighted by Crippen LogP contribution is 2.44. The fraction of sp³-hybridized carbons (Fsp3) is 0.385. The zero-order chi connectivity index (χ0) is 22.2. The van der Waals surface area contributed by atoms with Gasteiger partial charge < -0.3 is 19.7 Å². The molecule has 0 fully saturated rings. The second kappa shape index (κ2) is 8.34. The molecule has 3 heterocycles. The summed E-state index contributed by atoms with van der Waals surface area (Å²) in [4.78, 5) is 30.4. The maximum atomic E-state index is 13.4. The molecule has 0 radical (unpaired) electrons. The zero-order valence-electron chi connectivity index (χ0n) is 18.8. The Bertz CT molecular complexity index is 1180. The van der Waals surface area contributed by atoms with Gasteiger partial charge >= 0.3 is 0 Å². The predicted molar refractivity (Wildman–Crippen MR) is 127 cm³/mol. The van der Waals surface area contributed by atoms with E-state index in [1.807, 2.05) is 42.3 Å². The highest BCUT2D eigenvalue weighted by atomic mass is 16.2. The number of para-hydroxylation sites is 2. The number of unbranched alkanes of at least 4 members (excludes halogenated alkanes) is 2. The average molecular weight is 431 g/mol. The van der Waals surface area contributed by atoms with E-state index >= 15 is 0 Å². The van der Waals surface area contributed by atoms with Crippen molar-refractivity contribution in [2.45, 2.75) is 45.3 Å². The fourth-order valence-electron chi connectivity index (χ4n) is 5.28. The van der Waals surface area contributed by atoms with Crippen LogP contribution >= 0.6 is 0 Å². The molecule has 2 amide bonds. The molecule has 1 atom stereocenters. The number of nitrogens with one attached hydrogen (secondary N) is 1. The molecule has 1 aromatic heterocycles. The Morgan fingerprint density at radius 3 is 2.72 bits per heavy atom. The van der Waals surface area contributed by atoms with Crippen LogP contribution in [0.1, 0.15) is 54.0 Å². The first-order chi connectivity index (χ1) is 15.6. The molecule has 32 heavy (non-hydrogen) atoms. The average Bonchev–Trinajstić information content (AvgIpc) is 3.13. The molecule has 1 N–H and O–H groups in total. The molecular formula is C26H30N4O2. The van der Waals surface area contributed by atoms with Crippen LogP contribution in [0.25, 0.3) is 10.9 Å². The Kier molecular flexibility index (Phi) is 5.37. The van der Waals surface area contributed by atoms with Crippen molar-refractivity contribution in [3.8, 4) is 0 Å². The molecule has 6 heteroatoms. The van der Waals surface area contributed by atoms with Gasteiger partial charge in [-0.3, -0.25) is 9.59 Å². The first-order valence-electron chi connectivity index (χ1n) is 11.6. The molecule has 6 nitrogen and oxygen atoms in total. The Morgan fingerprint density at radius 2 is 1.88 bits per heavy atom. The van der Waals surface area contributed by atoms with Crippen molar-refractivity contribution in [1.29, 1.82) is 0 Å². The van der Waals surface area contributed by atoms with Crippen molar-refractivity contribution >= 4 is 28.4 Å². The number of amides is 2. The fourth-order valence-corrected chi connectivity index (χ4v) is 5.28. The largest absolute Gasteiger partial charge is 0.355 e. The zero-order valence-corrected chi connectivity index (χ0v) is 18.8. The maximum absolute atomic E-state index is 13.4. The summed E-state index contributed by atoms with van der Waals surface area (Å²) in [7, 11) is 2.05. The van der Waals surface area contributed by atoms with Crippen molar-refractivity contribution in [2.24, 2.45) is 0 Å². The van der Waals surface area contributed by atoms with E-state index in [2.05, 4.69) is 39.9 Å². The molecular weight excluding hydrogens is 400 g/mol. The summed E-state index contributed by atoms with van der Waals surface area (Å²) in [5, 5.41) is 4.26. The van der Waals surface area contributed by atoms with E-state index in [1.165, 1.54) is 10.9 Å². The van der Waals surface area contributed by atoms with Crippen LogP contribution in [0.5, 0.6) is 0 Å². The first kappa shape index (κ1) is 20.6. The van der Waals surface area contributed by atoms with Crippen LogP contribution in [0.2, 0.25) is 0 Å². The third kappa shape index (κ3) is 3.25. The summed E-state index contributed by atoms with van der Waals surface area (Å²) >= 11 is 0. The number of anilines is 1. The van der Waals surface area contributed by atoms with Crippen LogP contribution < -0.4 is 10.2 Å². The van der Waals surface area contributed by atoms with Crippen molar-refractivity contribution in [3.63, 3.8) is 0 Å². The Morgan fingerprint density at radius 1 is 1.09 bits per heavy atom. The minimum absolute atomic E-state index is 0.0203. The smallest absolute Gasteiger partial charge is 0.257 e. The Labute approximate surface area is 188 Å². The van der Waals surface area contributed by atoms with Crippen molar-refractivity contribution in [3.05, 3.63) is 65.4 Å². The van der Waals surface area contributed by atoms with Crippen LogP contribution in [0, 0.1) is 0 Å². The summed E-state index contributed by atoms with van der Waals surface area (Å²) in [5.74, 6) is 0.0853. The van der Waals surface area contributed by atoms with Crippen LogP contribution in [-0.2, 0) is 17.8 Å². The summed E-state index contributed by atoms with van der Waals surface area (Å²) in [6, 6.07) is 16.1. The van der Waals surface area contributed by atoms with E-state index in [-0.39, 0.29) is 24.5 Å². The summed E-state index contributed by atoms with van der Waals surface area (Å²) in [6.07, 6.45) is 3.81. The van der Waals surface area contributed by atoms with Gasteiger partial charge in [0.1, 0.15) is 12.7 Å². The summed E-state index contributed by atoms with van der Waals surface area (Å²) in [5.41, 5.74) is 5.05. The van der Waals surface area contributed by atoms with Crippen LogP contribution in [0.15, 0.2) is 48.5 Å². The summed E-state index contributed by atoms with van der Waals surface area (Å²) < 4.78 is 2.13. The lowest BCUT2D eigenvalue weighted by Crippen LogP contribution is -2.51. The van der Waals surface area contributed by atoms with Crippen LogP contribution in [0.3, 0.4) is 0 Å². The number of hydrogen-bond acceptors (Lipinski definition) is 3. The van der Waals surface area contributed by atoms with Gasteiger partial charge in [0.2, 0.25) is 5.91 Å². The molecule has 1 unspecified atom stereocenters. The molecule has 2 aromatic carbocycles. The van der Waals surface area contributed by atoms with Gasteiger partial charge in [0.25, 0.3) is 5.91 Å². The SMILES string of the molecule is CCCCCNC(=O)Cn1c2c(c3ccccc31)CCN1C(=O)c3ccccc3N(C)C21. The number of hydrogen-bond donors (Lipinski definition) is 1. The van der Waals surface area contributed by atoms with E-state index in [4.69, 9.17) is 0 Å². The molecule has 0 spiro atoms. The summed E-state index contributed by atoms with van der Waals surface area (Å²) in [6.45, 7) is 3.80. The third-order valence-corrected chi connectivity index (χ3v) is 6.81. The van der Waals surface area contributed by atoms with Crippen molar-refractivity contribution < 1.29 is 9.59 Å². The predicted octanol–water partition coefficient (Wildman–Crippen LogP) is 4.09. The minimum Gasteiger partial charge on any atom is -0.355 e. The van der Waals surface area contributed by atoms with E-state index in [0.29, 0.717) is 13.1 Å².